The van der Waals surface area contributed by atoms with Crippen LogP contribution in [0.15, 0.2) is 18.5 Å². The van der Waals surface area contributed by atoms with Gasteiger partial charge < -0.3 is 9.80 Å². The lowest BCUT2D eigenvalue weighted by atomic mass is 10.2. The molecule has 1 aliphatic heterocycles. The van der Waals surface area contributed by atoms with E-state index in [2.05, 4.69) is 33.8 Å². The molecule has 7 nitrogen and oxygen atoms in total. The number of fused-ring (bicyclic) bond motifs is 1. The van der Waals surface area contributed by atoms with Crippen LogP contribution in [0.2, 0.25) is 0 Å². The van der Waals surface area contributed by atoms with Gasteiger partial charge in [0.1, 0.15) is 12.1 Å². The molecule has 0 saturated carbocycles. The molecular weight excluding hydrogens is 336 g/mol. The van der Waals surface area contributed by atoms with Crippen LogP contribution in [0.25, 0.3) is 5.78 Å². The summed E-state index contributed by atoms with van der Waals surface area (Å²) in [5.74, 6) is 1.73. The van der Waals surface area contributed by atoms with Crippen molar-refractivity contribution in [2.24, 2.45) is 0 Å². The smallest absolute Gasteiger partial charge is 0.264 e. The van der Waals surface area contributed by atoms with E-state index in [9.17, 15) is 4.79 Å². The van der Waals surface area contributed by atoms with Gasteiger partial charge in [-0.15, -0.1) is 11.3 Å². The molecule has 0 spiro atoms. The van der Waals surface area contributed by atoms with E-state index in [0.717, 1.165) is 29.5 Å². The highest BCUT2D eigenvalue weighted by Crippen LogP contribution is 2.23. The summed E-state index contributed by atoms with van der Waals surface area (Å²) in [4.78, 5) is 27.5. The quantitative estimate of drug-likeness (QED) is 0.703. The van der Waals surface area contributed by atoms with Crippen LogP contribution in [0.4, 0.5) is 5.82 Å². The fourth-order valence-corrected chi connectivity index (χ4v) is 4.11. The van der Waals surface area contributed by atoms with E-state index in [1.165, 1.54) is 16.8 Å². The Labute approximate surface area is 149 Å². The van der Waals surface area contributed by atoms with Gasteiger partial charge in [-0.25, -0.2) is 4.98 Å². The zero-order valence-electron chi connectivity index (χ0n) is 14.6. The molecule has 3 aromatic heterocycles. The first-order valence-electron chi connectivity index (χ1n) is 8.31. The Morgan fingerprint density at radius 3 is 2.56 bits per heavy atom. The largest absolute Gasteiger partial charge is 0.353 e. The number of piperazine rings is 1. The van der Waals surface area contributed by atoms with Gasteiger partial charge in [-0.05, 0) is 32.4 Å². The molecule has 0 bridgehead atoms. The second-order valence-electron chi connectivity index (χ2n) is 6.36. The number of amides is 1. The predicted molar refractivity (Wildman–Crippen MR) is 97.4 cm³/mol. The summed E-state index contributed by atoms with van der Waals surface area (Å²) < 4.78 is 1.76. The summed E-state index contributed by atoms with van der Waals surface area (Å²) in [7, 11) is 0. The van der Waals surface area contributed by atoms with Crippen LogP contribution in [0.1, 0.15) is 25.8 Å². The Balaban J connectivity index is 1.51. The maximum absolute atomic E-state index is 12.7. The maximum atomic E-state index is 12.7. The summed E-state index contributed by atoms with van der Waals surface area (Å²) in [6.45, 7) is 9.01. The van der Waals surface area contributed by atoms with Crippen molar-refractivity contribution in [1.82, 2.24) is 24.5 Å². The van der Waals surface area contributed by atoms with Gasteiger partial charge in [0.25, 0.3) is 11.7 Å². The number of aromatic nitrogens is 4. The van der Waals surface area contributed by atoms with Gasteiger partial charge in [0.2, 0.25) is 0 Å². The highest BCUT2D eigenvalue weighted by atomic mass is 32.1. The minimum absolute atomic E-state index is 0.137. The van der Waals surface area contributed by atoms with Crippen molar-refractivity contribution in [3.05, 3.63) is 39.5 Å². The Hall–Kier alpha value is -2.48. The van der Waals surface area contributed by atoms with Gasteiger partial charge in [-0.1, -0.05) is 0 Å². The summed E-state index contributed by atoms with van der Waals surface area (Å²) in [5, 5.41) is 4.27. The molecule has 25 heavy (non-hydrogen) atoms. The lowest BCUT2D eigenvalue weighted by Crippen LogP contribution is -2.49. The molecule has 0 radical (unpaired) electrons. The minimum Gasteiger partial charge on any atom is -0.353 e. The number of thiophene rings is 1. The normalized spacial score (nSPS) is 15.2. The third kappa shape index (κ3) is 2.86. The van der Waals surface area contributed by atoms with Gasteiger partial charge >= 0.3 is 0 Å². The summed E-state index contributed by atoms with van der Waals surface area (Å²) >= 11 is 1.58. The van der Waals surface area contributed by atoms with Crippen LogP contribution in [-0.2, 0) is 0 Å². The zero-order valence-corrected chi connectivity index (χ0v) is 15.4. The van der Waals surface area contributed by atoms with E-state index in [4.69, 9.17) is 0 Å². The number of hydrogen-bond acceptors (Lipinski definition) is 6. The fraction of sp³-hybridized carbons (Fsp3) is 0.412. The number of hydrogen-bond donors (Lipinski definition) is 0. The van der Waals surface area contributed by atoms with Crippen molar-refractivity contribution < 1.29 is 4.79 Å². The fourth-order valence-electron chi connectivity index (χ4n) is 3.11. The molecule has 1 aliphatic rings. The van der Waals surface area contributed by atoms with Crippen LogP contribution < -0.4 is 4.90 Å². The molecule has 4 rings (SSSR count). The number of carbonyl (C=O) groups excluding carboxylic acids is 1. The minimum atomic E-state index is 0.137. The Morgan fingerprint density at radius 1 is 1.12 bits per heavy atom. The molecule has 130 valence electrons. The number of nitrogens with zero attached hydrogens (tertiary/aromatic N) is 6. The maximum Gasteiger partial charge on any atom is 0.264 e. The molecule has 1 saturated heterocycles. The molecule has 0 N–H and O–H groups in total. The highest BCUT2D eigenvalue weighted by molar-refractivity contribution is 7.14. The molecule has 1 fully saturated rings. The second kappa shape index (κ2) is 6.11. The van der Waals surface area contributed by atoms with Crippen molar-refractivity contribution in [1.29, 1.82) is 0 Å². The monoisotopic (exact) mass is 356 g/mol. The number of anilines is 1. The number of carbonyl (C=O) groups is 1. The highest BCUT2D eigenvalue weighted by Gasteiger charge is 2.25. The van der Waals surface area contributed by atoms with Gasteiger partial charge in [0, 0.05) is 42.8 Å². The van der Waals surface area contributed by atoms with E-state index in [1.54, 1.807) is 15.9 Å². The summed E-state index contributed by atoms with van der Waals surface area (Å²) in [6, 6.07) is 4.02. The van der Waals surface area contributed by atoms with E-state index in [1.807, 2.05) is 24.0 Å². The van der Waals surface area contributed by atoms with Gasteiger partial charge in [0.15, 0.2) is 0 Å². The van der Waals surface area contributed by atoms with E-state index < -0.39 is 0 Å². The van der Waals surface area contributed by atoms with Crippen molar-refractivity contribution >= 4 is 28.8 Å². The first kappa shape index (κ1) is 16.0. The molecule has 3 aromatic rings. The molecule has 0 unspecified atom stereocenters. The zero-order chi connectivity index (χ0) is 17.6. The van der Waals surface area contributed by atoms with Crippen LogP contribution in [0, 0.1) is 20.8 Å². The number of rotatable bonds is 2. The standard InChI is InChI=1S/C17H20N6OS/c1-11-8-14(25-13(11)3)16(24)22-6-4-21(5-7-22)15-9-12(2)20-17-18-10-19-23(15)17/h8-10H,4-7H2,1-3H3. The second-order valence-corrected chi connectivity index (χ2v) is 7.61. The average molecular weight is 356 g/mol. The molecule has 0 aliphatic carbocycles. The first-order chi connectivity index (χ1) is 12.0. The summed E-state index contributed by atoms with van der Waals surface area (Å²) in [5.41, 5.74) is 2.10. The third-order valence-electron chi connectivity index (χ3n) is 4.63. The van der Waals surface area contributed by atoms with E-state index in [0.29, 0.717) is 18.9 Å². The first-order valence-corrected chi connectivity index (χ1v) is 9.13. The third-order valence-corrected chi connectivity index (χ3v) is 5.77. The Bertz CT molecular complexity index is 918. The molecule has 1 amide bonds. The van der Waals surface area contributed by atoms with Crippen molar-refractivity contribution in [2.75, 3.05) is 31.1 Å². The molecule has 0 aromatic carbocycles. The SMILES string of the molecule is Cc1cc(N2CCN(C(=O)c3cc(C)c(C)s3)CC2)n2ncnc2n1. The Morgan fingerprint density at radius 2 is 1.88 bits per heavy atom. The van der Waals surface area contributed by atoms with Crippen LogP contribution in [0.3, 0.4) is 0 Å². The molecule has 0 atom stereocenters. The van der Waals surface area contributed by atoms with Gasteiger partial charge in [-0.2, -0.15) is 14.6 Å². The van der Waals surface area contributed by atoms with Crippen molar-refractivity contribution in [2.45, 2.75) is 20.8 Å². The Kier molecular flexibility index (Phi) is 3.91. The topological polar surface area (TPSA) is 66.6 Å². The van der Waals surface area contributed by atoms with Crippen LogP contribution in [-0.4, -0.2) is 56.6 Å². The van der Waals surface area contributed by atoms with Crippen molar-refractivity contribution in [3.8, 4) is 0 Å². The average Bonchev–Trinajstić information content (AvgIpc) is 3.20. The van der Waals surface area contributed by atoms with Gasteiger partial charge in [-0.3, -0.25) is 4.79 Å². The van der Waals surface area contributed by atoms with Crippen molar-refractivity contribution in [3.63, 3.8) is 0 Å². The lowest BCUT2D eigenvalue weighted by molar-refractivity contribution is 0.0751. The van der Waals surface area contributed by atoms with E-state index >= 15 is 0 Å². The molecular formula is C17H20N6OS. The predicted octanol–water partition coefficient (Wildman–Crippen LogP) is 2.07. The van der Waals surface area contributed by atoms with Crippen LogP contribution in [0.5, 0.6) is 0 Å². The van der Waals surface area contributed by atoms with Gasteiger partial charge in [0.05, 0.1) is 4.88 Å². The molecule has 8 heteroatoms. The molecule has 4 heterocycles. The summed E-state index contributed by atoms with van der Waals surface area (Å²) in [6.07, 6.45) is 1.52. The van der Waals surface area contributed by atoms with Crippen LogP contribution >= 0.6 is 11.3 Å². The number of aryl methyl sites for hydroxylation is 3. The van der Waals surface area contributed by atoms with E-state index in [-0.39, 0.29) is 5.91 Å². The lowest BCUT2D eigenvalue weighted by Gasteiger charge is -2.35.